The average molecular weight is 383 g/mol. The molecule has 114 valence electrons. The molecule has 0 aromatic carbocycles. The van der Waals surface area contributed by atoms with E-state index in [9.17, 15) is 10.1 Å². The summed E-state index contributed by atoms with van der Waals surface area (Å²) in [5.74, 6) is 2.28. The van der Waals surface area contributed by atoms with Gasteiger partial charge in [-0.1, -0.05) is 0 Å². The minimum atomic E-state index is -0.475. The molecule has 0 amide bonds. The lowest BCUT2D eigenvalue weighted by molar-refractivity contribution is -0.404. The van der Waals surface area contributed by atoms with E-state index in [1.54, 1.807) is 30.1 Å². The van der Waals surface area contributed by atoms with Crippen LogP contribution in [0.2, 0.25) is 0 Å². The first-order valence-corrected chi connectivity index (χ1v) is 7.74. The molecule has 20 heavy (non-hydrogen) atoms. The Bertz CT molecular complexity index is 440. The fraction of sp³-hybridized carbons (Fsp3) is 0.455. The Morgan fingerprint density at radius 1 is 1.50 bits per heavy atom. The van der Waals surface area contributed by atoms with E-state index in [2.05, 4.69) is 28.1 Å². The minimum Gasteiger partial charge on any atom is -0.380 e. The molecule has 0 bridgehead atoms. The summed E-state index contributed by atoms with van der Waals surface area (Å²) in [4.78, 5) is 11.2. The molecule has 0 spiro atoms. The molecule has 0 aliphatic heterocycles. The molecule has 6 nitrogen and oxygen atoms in total. The normalized spacial score (nSPS) is 10.6. The Labute approximate surface area is 137 Å². The highest BCUT2D eigenvalue weighted by Crippen LogP contribution is 2.24. The molecule has 0 aliphatic carbocycles. The van der Waals surface area contributed by atoms with Crippen LogP contribution in [0.4, 0.5) is 5.00 Å². The van der Waals surface area contributed by atoms with Crippen molar-refractivity contribution in [1.29, 1.82) is 0 Å². The van der Waals surface area contributed by atoms with Gasteiger partial charge in [0.1, 0.15) is 0 Å². The van der Waals surface area contributed by atoms with Crippen LogP contribution < -0.4 is 16.0 Å². The smallest absolute Gasteiger partial charge is 0.274 e. The molecular formula is C11H19BrN4O2S2. The maximum absolute atomic E-state index is 10.3. The summed E-state index contributed by atoms with van der Waals surface area (Å²) in [6.07, 6.45) is 0.934. The van der Waals surface area contributed by atoms with E-state index >= 15 is 0 Å². The summed E-state index contributed by atoms with van der Waals surface area (Å²) >= 11 is 3.54. The lowest BCUT2D eigenvalue weighted by Crippen LogP contribution is -2.26. The van der Waals surface area contributed by atoms with Crippen LogP contribution in [0.15, 0.2) is 24.2 Å². The lowest BCUT2D eigenvalue weighted by Gasteiger charge is -2.07. The zero-order chi connectivity index (χ0) is 14.1. The van der Waals surface area contributed by atoms with E-state index < -0.39 is 4.92 Å². The number of hydrogen-bond acceptors (Lipinski definition) is 7. The van der Waals surface area contributed by atoms with Gasteiger partial charge in [-0.05, 0) is 12.1 Å². The summed E-state index contributed by atoms with van der Waals surface area (Å²) in [6, 6.07) is 4.18. The van der Waals surface area contributed by atoms with Crippen molar-refractivity contribution in [2.45, 2.75) is 5.75 Å². The van der Waals surface area contributed by atoms with Crippen LogP contribution in [-0.2, 0) is 5.75 Å². The number of nitro groups is 1. The fourth-order valence-corrected chi connectivity index (χ4v) is 3.16. The molecule has 1 aromatic rings. The Hall–Kier alpha value is -0.930. The largest absolute Gasteiger partial charge is 0.380 e. The summed E-state index contributed by atoms with van der Waals surface area (Å²) in [5.41, 5.74) is 0. The van der Waals surface area contributed by atoms with Crippen LogP contribution in [0.3, 0.4) is 0 Å². The number of thioether (sulfide) groups is 1. The van der Waals surface area contributed by atoms with E-state index in [-0.39, 0.29) is 17.0 Å². The fourth-order valence-electron chi connectivity index (χ4n) is 1.32. The second kappa shape index (κ2) is 10.8. The number of hydrogen-bond donors (Lipinski definition) is 3. The molecule has 9 heteroatoms. The van der Waals surface area contributed by atoms with Gasteiger partial charge in [0.05, 0.1) is 9.92 Å². The molecular weight excluding hydrogens is 364 g/mol. The Balaban J connectivity index is 0.00000361. The monoisotopic (exact) mass is 382 g/mol. The number of nitrogens with zero attached hydrogens (tertiary/aromatic N) is 1. The number of thiophene rings is 1. The molecule has 1 heterocycles. The molecule has 1 aromatic heterocycles. The first kappa shape index (κ1) is 19.1. The standard InChI is InChI=1S/C11H18N4O2S2.BrH/c1-12-10(7-15(16)17)14-5-6-18-8-9-3-4-11(13-2)19-9;/h3-4,7,12-14H,5-6,8H2,1-2H3;1H/b10-7+;. The van der Waals surface area contributed by atoms with E-state index in [0.717, 1.165) is 17.7 Å². The topological polar surface area (TPSA) is 79.2 Å². The zero-order valence-electron chi connectivity index (χ0n) is 11.3. The van der Waals surface area contributed by atoms with Gasteiger partial charge in [-0.3, -0.25) is 10.1 Å². The summed E-state index contributed by atoms with van der Waals surface area (Å²) in [5, 5.41) is 20.3. The van der Waals surface area contributed by atoms with Crippen molar-refractivity contribution in [2.75, 3.05) is 31.7 Å². The molecule has 0 unspecified atom stereocenters. The lowest BCUT2D eigenvalue weighted by atomic mass is 10.5. The second-order valence-electron chi connectivity index (χ2n) is 3.57. The van der Waals surface area contributed by atoms with Gasteiger partial charge in [-0.2, -0.15) is 11.8 Å². The van der Waals surface area contributed by atoms with Crippen LogP contribution in [-0.4, -0.2) is 31.3 Å². The van der Waals surface area contributed by atoms with Crippen molar-refractivity contribution in [3.63, 3.8) is 0 Å². The summed E-state index contributed by atoms with van der Waals surface area (Å²) in [6.45, 7) is 0.690. The summed E-state index contributed by atoms with van der Waals surface area (Å²) < 4.78 is 0. The van der Waals surface area contributed by atoms with Crippen molar-refractivity contribution in [1.82, 2.24) is 10.6 Å². The molecule has 1 rings (SSSR count). The van der Waals surface area contributed by atoms with Gasteiger partial charge in [-0.25, -0.2) is 0 Å². The van der Waals surface area contributed by atoms with Gasteiger partial charge in [0.15, 0.2) is 5.82 Å². The van der Waals surface area contributed by atoms with Gasteiger partial charge in [0.25, 0.3) is 6.20 Å². The third kappa shape index (κ3) is 7.61. The number of nitrogens with one attached hydrogen (secondary N) is 3. The van der Waals surface area contributed by atoms with E-state index in [1.165, 1.54) is 9.88 Å². The Kier molecular flexibility index (Phi) is 10.3. The third-order valence-electron chi connectivity index (χ3n) is 2.22. The van der Waals surface area contributed by atoms with Crippen LogP contribution in [0.1, 0.15) is 4.88 Å². The molecule has 0 aliphatic rings. The van der Waals surface area contributed by atoms with Crippen molar-refractivity contribution in [2.24, 2.45) is 0 Å². The van der Waals surface area contributed by atoms with Gasteiger partial charge in [0, 0.05) is 37.0 Å². The molecule has 0 saturated heterocycles. The quantitative estimate of drug-likeness (QED) is 0.346. The highest BCUT2D eigenvalue weighted by Gasteiger charge is 2.01. The van der Waals surface area contributed by atoms with Crippen LogP contribution in [0, 0.1) is 10.1 Å². The van der Waals surface area contributed by atoms with E-state index in [1.807, 2.05) is 7.05 Å². The van der Waals surface area contributed by atoms with E-state index in [4.69, 9.17) is 0 Å². The highest BCUT2D eigenvalue weighted by atomic mass is 79.9. The SMILES string of the molecule is Br.CN/C(=C\[N+](=O)[O-])NCCSCc1ccc(NC)s1. The van der Waals surface area contributed by atoms with Crippen molar-refractivity contribution in [3.05, 3.63) is 39.1 Å². The molecule has 0 atom stereocenters. The first-order valence-electron chi connectivity index (χ1n) is 5.77. The number of halogens is 1. The predicted octanol–water partition coefficient (Wildman–Crippen LogP) is 2.49. The van der Waals surface area contributed by atoms with Crippen molar-refractivity contribution >= 4 is 45.1 Å². The highest BCUT2D eigenvalue weighted by molar-refractivity contribution is 8.93. The van der Waals surface area contributed by atoms with Gasteiger partial charge in [0.2, 0.25) is 0 Å². The predicted molar refractivity (Wildman–Crippen MR) is 92.5 cm³/mol. The van der Waals surface area contributed by atoms with Crippen molar-refractivity contribution < 1.29 is 4.92 Å². The number of anilines is 1. The van der Waals surface area contributed by atoms with Crippen LogP contribution in [0.5, 0.6) is 0 Å². The maximum Gasteiger partial charge on any atom is 0.274 e. The molecule has 0 radical (unpaired) electrons. The molecule has 0 saturated carbocycles. The third-order valence-corrected chi connectivity index (χ3v) is 4.51. The maximum atomic E-state index is 10.3. The Morgan fingerprint density at radius 2 is 2.25 bits per heavy atom. The molecule has 3 N–H and O–H groups in total. The van der Waals surface area contributed by atoms with Gasteiger partial charge in [-0.15, -0.1) is 28.3 Å². The first-order chi connectivity index (χ1) is 9.15. The summed E-state index contributed by atoms with van der Waals surface area (Å²) in [7, 11) is 3.56. The van der Waals surface area contributed by atoms with Crippen LogP contribution in [0.25, 0.3) is 0 Å². The zero-order valence-corrected chi connectivity index (χ0v) is 14.7. The average Bonchev–Trinajstić information content (AvgIpc) is 2.84. The second-order valence-corrected chi connectivity index (χ2v) is 5.85. The Morgan fingerprint density at radius 3 is 2.80 bits per heavy atom. The van der Waals surface area contributed by atoms with Crippen LogP contribution >= 0.6 is 40.1 Å². The van der Waals surface area contributed by atoms with Crippen molar-refractivity contribution in [3.8, 4) is 0 Å². The van der Waals surface area contributed by atoms with E-state index in [0.29, 0.717) is 12.4 Å². The van der Waals surface area contributed by atoms with Gasteiger partial charge >= 0.3 is 0 Å². The number of rotatable bonds is 9. The van der Waals surface area contributed by atoms with Gasteiger partial charge < -0.3 is 16.0 Å². The molecule has 0 fully saturated rings. The minimum absolute atomic E-state index is 0.